The summed E-state index contributed by atoms with van der Waals surface area (Å²) in [6.45, 7) is 8.69. The molecule has 2 unspecified atom stereocenters. The van der Waals surface area contributed by atoms with E-state index in [0.717, 1.165) is 12.2 Å². The summed E-state index contributed by atoms with van der Waals surface area (Å²) in [5.41, 5.74) is 1.30. The van der Waals surface area contributed by atoms with E-state index in [9.17, 15) is 4.79 Å². The van der Waals surface area contributed by atoms with E-state index in [1.807, 2.05) is 29.8 Å². The first-order chi connectivity index (χ1) is 10.4. The third-order valence-corrected chi connectivity index (χ3v) is 5.81. The van der Waals surface area contributed by atoms with Gasteiger partial charge in [0.1, 0.15) is 5.37 Å². The van der Waals surface area contributed by atoms with Crippen LogP contribution in [0.3, 0.4) is 0 Å². The van der Waals surface area contributed by atoms with E-state index >= 15 is 0 Å². The number of likely N-dealkylation sites (N-methyl/N-ethyl adjacent to an activating group) is 1. The van der Waals surface area contributed by atoms with Crippen molar-refractivity contribution in [2.24, 2.45) is 5.92 Å². The standard InChI is InChI=1S/C18H28N2OS/c1-13(2)12-22-17-16(11-15-9-7-6-8-10-15)19(5)18(21)20(17)14(3)4/h6-10,13-14,16-17H,11-12H2,1-5H3. The number of carbonyl (C=O) groups is 1. The monoisotopic (exact) mass is 320 g/mol. The molecule has 3 nitrogen and oxygen atoms in total. The summed E-state index contributed by atoms with van der Waals surface area (Å²) < 4.78 is 0. The van der Waals surface area contributed by atoms with Crippen LogP contribution < -0.4 is 0 Å². The molecular formula is C18H28N2OS. The highest BCUT2D eigenvalue weighted by molar-refractivity contribution is 7.99. The third-order valence-electron chi connectivity index (χ3n) is 4.07. The highest BCUT2D eigenvalue weighted by atomic mass is 32.2. The van der Waals surface area contributed by atoms with Gasteiger partial charge < -0.3 is 9.80 Å². The molecule has 2 rings (SSSR count). The first-order valence-electron chi connectivity index (χ1n) is 8.12. The molecule has 2 amide bonds. The van der Waals surface area contributed by atoms with Crippen LogP contribution in [-0.2, 0) is 6.42 Å². The van der Waals surface area contributed by atoms with Gasteiger partial charge in [0.2, 0.25) is 0 Å². The van der Waals surface area contributed by atoms with E-state index in [0.29, 0.717) is 5.92 Å². The van der Waals surface area contributed by atoms with Crippen LogP contribution in [0, 0.1) is 5.92 Å². The lowest BCUT2D eigenvalue weighted by Crippen LogP contribution is -2.40. The highest BCUT2D eigenvalue weighted by Gasteiger charge is 2.44. The molecule has 1 fully saturated rings. The largest absolute Gasteiger partial charge is 0.321 e. The molecule has 1 aliphatic heterocycles. The molecule has 1 aromatic rings. The van der Waals surface area contributed by atoms with E-state index in [2.05, 4.69) is 56.9 Å². The Balaban J connectivity index is 2.21. The molecule has 0 spiro atoms. The average molecular weight is 321 g/mol. The van der Waals surface area contributed by atoms with Crippen molar-refractivity contribution >= 4 is 17.8 Å². The maximum absolute atomic E-state index is 12.6. The van der Waals surface area contributed by atoms with Gasteiger partial charge in [0.05, 0.1) is 6.04 Å². The Morgan fingerprint density at radius 3 is 2.32 bits per heavy atom. The number of urea groups is 1. The molecule has 0 aliphatic carbocycles. The molecule has 0 N–H and O–H groups in total. The van der Waals surface area contributed by atoms with Crippen LogP contribution in [-0.4, -0.2) is 46.1 Å². The smallest absolute Gasteiger partial charge is 0.321 e. The second-order valence-electron chi connectivity index (χ2n) is 6.77. The number of rotatable bonds is 6. The van der Waals surface area contributed by atoms with Crippen molar-refractivity contribution in [3.63, 3.8) is 0 Å². The molecule has 2 atom stereocenters. The van der Waals surface area contributed by atoms with Gasteiger partial charge in [0.25, 0.3) is 0 Å². The first-order valence-corrected chi connectivity index (χ1v) is 9.17. The van der Waals surface area contributed by atoms with Gasteiger partial charge in [-0.1, -0.05) is 44.2 Å². The van der Waals surface area contributed by atoms with Crippen molar-refractivity contribution in [3.05, 3.63) is 35.9 Å². The van der Waals surface area contributed by atoms with Crippen LogP contribution in [0.2, 0.25) is 0 Å². The predicted octanol–water partition coefficient (Wildman–Crippen LogP) is 4.09. The van der Waals surface area contributed by atoms with Gasteiger partial charge >= 0.3 is 6.03 Å². The maximum Gasteiger partial charge on any atom is 0.321 e. The van der Waals surface area contributed by atoms with Crippen LogP contribution >= 0.6 is 11.8 Å². The number of carbonyl (C=O) groups excluding carboxylic acids is 1. The summed E-state index contributed by atoms with van der Waals surface area (Å²) in [6.07, 6.45) is 0.919. The molecule has 1 aliphatic rings. The summed E-state index contributed by atoms with van der Waals surface area (Å²) in [7, 11) is 1.95. The Hall–Kier alpha value is -1.16. The molecule has 0 aromatic heterocycles. The molecule has 122 valence electrons. The summed E-state index contributed by atoms with van der Waals surface area (Å²) in [4.78, 5) is 16.6. The van der Waals surface area contributed by atoms with E-state index < -0.39 is 0 Å². The lowest BCUT2D eigenvalue weighted by molar-refractivity contribution is 0.185. The Morgan fingerprint density at radius 2 is 1.77 bits per heavy atom. The fraction of sp³-hybridized carbons (Fsp3) is 0.611. The zero-order valence-electron chi connectivity index (χ0n) is 14.3. The number of hydrogen-bond acceptors (Lipinski definition) is 2. The van der Waals surface area contributed by atoms with Crippen LogP contribution in [0.4, 0.5) is 4.79 Å². The topological polar surface area (TPSA) is 23.6 Å². The molecule has 1 heterocycles. The van der Waals surface area contributed by atoms with Crippen molar-refractivity contribution in [1.82, 2.24) is 9.80 Å². The normalized spacial score (nSPS) is 22.2. The van der Waals surface area contributed by atoms with Crippen molar-refractivity contribution in [3.8, 4) is 0 Å². The number of hydrogen-bond donors (Lipinski definition) is 0. The summed E-state index contributed by atoms with van der Waals surface area (Å²) in [5.74, 6) is 1.72. The van der Waals surface area contributed by atoms with Gasteiger partial charge in [0, 0.05) is 13.1 Å². The van der Waals surface area contributed by atoms with E-state index in [1.165, 1.54) is 5.56 Å². The molecule has 0 radical (unpaired) electrons. The van der Waals surface area contributed by atoms with E-state index in [1.54, 1.807) is 0 Å². The fourth-order valence-electron chi connectivity index (χ4n) is 2.90. The summed E-state index contributed by atoms with van der Waals surface area (Å²) in [6, 6.07) is 11.1. The summed E-state index contributed by atoms with van der Waals surface area (Å²) >= 11 is 1.93. The molecule has 1 saturated heterocycles. The first kappa shape index (κ1) is 17.2. The maximum atomic E-state index is 12.6. The number of amides is 2. The average Bonchev–Trinajstić information content (AvgIpc) is 2.70. The van der Waals surface area contributed by atoms with Gasteiger partial charge in [-0.2, -0.15) is 0 Å². The highest BCUT2D eigenvalue weighted by Crippen LogP contribution is 2.34. The second kappa shape index (κ2) is 7.40. The minimum absolute atomic E-state index is 0.164. The zero-order valence-corrected chi connectivity index (χ0v) is 15.1. The SMILES string of the molecule is CC(C)CSC1C(Cc2ccccc2)N(C)C(=O)N1C(C)C. The Morgan fingerprint density at radius 1 is 1.14 bits per heavy atom. The van der Waals surface area contributed by atoms with Gasteiger partial charge in [-0.3, -0.25) is 0 Å². The van der Waals surface area contributed by atoms with Crippen LogP contribution in [0.15, 0.2) is 30.3 Å². The third kappa shape index (κ3) is 3.78. The van der Waals surface area contributed by atoms with E-state index in [-0.39, 0.29) is 23.5 Å². The van der Waals surface area contributed by atoms with Gasteiger partial charge in [-0.15, -0.1) is 11.8 Å². The number of thioether (sulfide) groups is 1. The molecule has 0 bridgehead atoms. The molecule has 4 heteroatoms. The second-order valence-corrected chi connectivity index (χ2v) is 7.92. The lowest BCUT2D eigenvalue weighted by atomic mass is 10.1. The zero-order chi connectivity index (χ0) is 16.3. The van der Waals surface area contributed by atoms with Crippen molar-refractivity contribution in [1.29, 1.82) is 0 Å². The van der Waals surface area contributed by atoms with Crippen molar-refractivity contribution < 1.29 is 4.79 Å². The van der Waals surface area contributed by atoms with Crippen molar-refractivity contribution in [2.45, 2.75) is 51.6 Å². The van der Waals surface area contributed by atoms with Gasteiger partial charge in [-0.05, 0) is 37.5 Å². The fourth-order valence-corrected chi connectivity index (χ4v) is 4.48. The lowest BCUT2D eigenvalue weighted by Gasteiger charge is -2.30. The van der Waals surface area contributed by atoms with E-state index in [4.69, 9.17) is 0 Å². The number of benzene rings is 1. The Kier molecular flexibility index (Phi) is 5.79. The van der Waals surface area contributed by atoms with Crippen LogP contribution in [0.25, 0.3) is 0 Å². The molecule has 22 heavy (non-hydrogen) atoms. The van der Waals surface area contributed by atoms with Gasteiger partial charge in [0.15, 0.2) is 0 Å². The number of nitrogens with zero attached hydrogens (tertiary/aromatic N) is 2. The minimum Gasteiger partial charge on any atom is -0.321 e. The Labute approximate surface area is 139 Å². The molecule has 0 saturated carbocycles. The predicted molar refractivity (Wildman–Crippen MR) is 95.2 cm³/mol. The summed E-state index contributed by atoms with van der Waals surface area (Å²) in [5, 5.41) is 0.236. The quantitative estimate of drug-likeness (QED) is 0.788. The van der Waals surface area contributed by atoms with Crippen molar-refractivity contribution in [2.75, 3.05) is 12.8 Å². The van der Waals surface area contributed by atoms with Crippen LogP contribution in [0.1, 0.15) is 33.3 Å². The Bertz CT molecular complexity index is 489. The van der Waals surface area contributed by atoms with Crippen LogP contribution in [0.5, 0.6) is 0 Å². The molecular weight excluding hydrogens is 292 g/mol. The minimum atomic E-state index is 0.164. The molecule has 1 aromatic carbocycles. The van der Waals surface area contributed by atoms with Gasteiger partial charge in [-0.25, -0.2) is 4.79 Å².